The Morgan fingerprint density at radius 3 is 2.77 bits per heavy atom. The molecule has 3 rings (SSSR count). The molecule has 2 saturated carbocycles. The van der Waals surface area contributed by atoms with Crippen LogP contribution in [-0.4, -0.2) is 34.5 Å². The normalized spacial score (nSPS) is 29.9. The van der Waals surface area contributed by atoms with E-state index in [1.807, 2.05) is 0 Å². The van der Waals surface area contributed by atoms with Gasteiger partial charge in [0.15, 0.2) is 0 Å². The van der Waals surface area contributed by atoms with Gasteiger partial charge in [0.25, 0.3) is 5.91 Å². The van der Waals surface area contributed by atoms with Gasteiger partial charge in [-0.25, -0.2) is 4.98 Å². The Kier molecular flexibility index (Phi) is 3.62. The molecule has 0 saturated heterocycles. The number of hydrogen-bond acceptors (Lipinski definition) is 5. The molecule has 0 aliphatic heterocycles. The minimum Gasteiger partial charge on any atom is -0.469 e. The Bertz CT molecular complexity index is 618. The Labute approximate surface area is 129 Å². The monoisotopic (exact) mass is 303 g/mol. The lowest BCUT2D eigenvalue weighted by molar-refractivity contribution is -0.154. The second-order valence-corrected chi connectivity index (χ2v) is 6.58. The van der Waals surface area contributed by atoms with Crippen molar-refractivity contribution in [3.8, 4) is 0 Å². The zero-order chi connectivity index (χ0) is 15.8. The minimum absolute atomic E-state index is 0.140. The zero-order valence-electron chi connectivity index (χ0n) is 13.0. The Hall–Kier alpha value is -1.98. The van der Waals surface area contributed by atoms with Crippen molar-refractivity contribution in [1.82, 2.24) is 15.3 Å². The summed E-state index contributed by atoms with van der Waals surface area (Å²) in [5.41, 5.74) is 0.313. The molecule has 1 amide bonds. The van der Waals surface area contributed by atoms with Gasteiger partial charge in [0.05, 0.1) is 24.4 Å². The first-order chi connectivity index (χ1) is 10.5. The van der Waals surface area contributed by atoms with Gasteiger partial charge in [-0.3, -0.25) is 14.6 Å². The number of fused-ring (bicyclic) bond motifs is 2. The summed E-state index contributed by atoms with van der Waals surface area (Å²) in [6.45, 7) is 1.81. The van der Waals surface area contributed by atoms with Gasteiger partial charge in [0.2, 0.25) is 0 Å². The van der Waals surface area contributed by atoms with E-state index >= 15 is 0 Å². The molecular weight excluding hydrogens is 282 g/mol. The second-order valence-electron chi connectivity index (χ2n) is 6.58. The lowest BCUT2D eigenvalue weighted by atomic mass is 9.73. The van der Waals surface area contributed by atoms with E-state index in [4.69, 9.17) is 4.74 Å². The molecule has 1 aromatic rings. The molecule has 2 bridgehead atoms. The highest BCUT2D eigenvalue weighted by molar-refractivity contribution is 5.92. The van der Waals surface area contributed by atoms with E-state index in [-0.39, 0.29) is 17.4 Å². The van der Waals surface area contributed by atoms with E-state index in [2.05, 4.69) is 15.3 Å². The fraction of sp³-hybridized carbons (Fsp3) is 0.625. The number of aromatic nitrogens is 2. The molecule has 22 heavy (non-hydrogen) atoms. The van der Waals surface area contributed by atoms with Crippen LogP contribution in [0.4, 0.5) is 0 Å². The van der Waals surface area contributed by atoms with Crippen LogP contribution >= 0.6 is 0 Å². The standard InChI is InChI=1S/C16H21N3O3/c1-11-8-17-9-12(18-11)13(20)19-16-5-3-4-15(10-16,6-7-16)14(21)22-2/h8-9H,3-7,10H2,1-2H3,(H,19,20). The molecule has 1 N–H and O–H groups in total. The molecule has 118 valence electrons. The van der Waals surface area contributed by atoms with Crippen LogP contribution < -0.4 is 5.32 Å². The van der Waals surface area contributed by atoms with Crippen molar-refractivity contribution in [2.75, 3.05) is 7.11 Å². The van der Waals surface area contributed by atoms with Crippen LogP contribution in [0.5, 0.6) is 0 Å². The first-order valence-electron chi connectivity index (χ1n) is 7.68. The SMILES string of the molecule is COC(=O)C12CCCC(NC(=O)c3cncc(C)n3)(CC1)C2. The molecule has 0 spiro atoms. The van der Waals surface area contributed by atoms with E-state index in [0.717, 1.165) is 32.1 Å². The highest BCUT2D eigenvalue weighted by atomic mass is 16.5. The Morgan fingerprint density at radius 2 is 2.05 bits per heavy atom. The van der Waals surface area contributed by atoms with Gasteiger partial charge < -0.3 is 10.1 Å². The van der Waals surface area contributed by atoms with Gasteiger partial charge in [-0.05, 0) is 45.4 Å². The summed E-state index contributed by atoms with van der Waals surface area (Å²) < 4.78 is 4.99. The van der Waals surface area contributed by atoms with Crippen molar-refractivity contribution in [3.63, 3.8) is 0 Å². The number of amides is 1. The molecule has 6 heteroatoms. The largest absolute Gasteiger partial charge is 0.469 e. The van der Waals surface area contributed by atoms with Crippen LogP contribution in [-0.2, 0) is 9.53 Å². The van der Waals surface area contributed by atoms with E-state index in [1.165, 1.54) is 13.3 Å². The third-order valence-corrected chi connectivity index (χ3v) is 5.05. The van der Waals surface area contributed by atoms with E-state index in [1.54, 1.807) is 13.1 Å². The maximum absolute atomic E-state index is 12.5. The number of nitrogens with one attached hydrogen (secondary N) is 1. The molecule has 2 unspecified atom stereocenters. The summed E-state index contributed by atoms with van der Waals surface area (Å²) in [4.78, 5) is 32.8. The quantitative estimate of drug-likeness (QED) is 0.861. The molecule has 1 heterocycles. The highest BCUT2D eigenvalue weighted by Crippen LogP contribution is 2.54. The Balaban J connectivity index is 1.78. The van der Waals surface area contributed by atoms with E-state index in [9.17, 15) is 9.59 Å². The molecule has 6 nitrogen and oxygen atoms in total. The van der Waals surface area contributed by atoms with Crippen LogP contribution in [0.25, 0.3) is 0 Å². The maximum atomic E-state index is 12.5. The topological polar surface area (TPSA) is 81.2 Å². The predicted molar refractivity (Wildman–Crippen MR) is 79.1 cm³/mol. The summed E-state index contributed by atoms with van der Waals surface area (Å²) in [6, 6.07) is 0. The Morgan fingerprint density at radius 1 is 1.23 bits per heavy atom. The third kappa shape index (κ3) is 2.46. The van der Waals surface area contributed by atoms with Crippen molar-refractivity contribution in [1.29, 1.82) is 0 Å². The summed E-state index contributed by atoms with van der Waals surface area (Å²) in [5.74, 6) is -0.350. The molecule has 2 atom stereocenters. The number of nitrogens with zero attached hydrogens (tertiary/aromatic N) is 2. The van der Waals surface area contributed by atoms with Gasteiger partial charge in [-0.2, -0.15) is 0 Å². The zero-order valence-corrected chi connectivity index (χ0v) is 13.0. The number of aryl methyl sites for hydroxylation is 1. The second kappa shape index (κ2) is 5.34. The predicted octanol–water partition coefficient (Wildman–Crippen LogP) is 1.78. The van der Waals surface area contributed by atoms with E-state index < -0.39 is 5.41 Å². The first kappa shape index (κ1) is 14.9. The van der Waals surface area contributed by atoms with Gasteiger partial charge in [-0.1, -0.05) is 0 Å². The van der Waals surface area contributed by atoms with Crippen molar-refractivity contribution < 1.29 is 14.3 Å². The van der Waals surface area contributed by atoms with Crippen molar-refractivity contribution in [3.05, 3.63) is 23.8 Å². The highest BCUT2D eigenvalue weighted by Gasteiger charge is 2.56. The number of methoxy groups -OCH3 is 1. The van der Waals surface area contributed by atoms with Crippen LogP contribution in [0.3, 0.4) is 0 Å². The van der Waals surface area contributed by atoms with Gasteiger partial charge in [0.1, 0.15) is 5.69 Å². The lowest BCUT2D eigenvalue weighted by Crippen LogP contribution is -2.50. The summed E-state index contributed by atoms with van der Waals surface area (Å²) in [7, 11) is 1.44. The smallest absolute Gasteiger partial charge is 0.311 e. The van der Waals surface area contributed by atoms with Gasteiger partial charge in [0, 0.05) is 11.7 Å². The summed E-state index contributed by atoms with van der Waals surface area (Å²) in [6.07, 6.45) is 8.02. The van der Waals surface area contributed by atoms with Crippen LogP contribution in [0.1, 0.15) is 54.7 Å². The number of carbonyl (C=O) groups is 2. The molecule has 2 fully saturated rings. The lowest BCUT2D eigenvalue weighted by Gasteiger charge is -2.38. The number of esters is 1. The molecule has 0 aromatic carbocycles. The van der Waals surface area contributed by atoms with Crippen molar-refractivity contribution >= 4 is 11.9 Å². The fourth-order valence-corrected chi connectivity index (χ4v) is 4.03. The van der Waals surface area contributed by atoms with Gasteiger partial charge in [-0.15, -0.1) is 0 Å². The number of ether oxygens (including phenoxy) is 1. The average Bonchev–Trinajstić information content (AvgIpc) is 2.78. The first-order valence-corrected chi connectivity index (χ1v) is 7.68. The van der Waals surface area contributed by atoms with Crippen LogP contribution in [0, 0.1) is 12.3 Å². The maximum Gasteiger partial charge on any atom is 0.311 e. The van der Waals surface area contributed by atoms with Gasteiger partial charge >= 0.3 is 5.97 Å². The van der Waals surface area contributed by atoms with Crippen LogP contribution in [0.15, 0.2) is 12.4 Å². The number of carbonyl (C=O) groups excluding carboxylic acids is 2. The van der Waals surface area contributed by atoms with Crippen LogP contribution in [0.2, 0.25) is 0 Å². The molecular formula is C16H21N3O3. The number of hydrogen-bond donors (Lipinski definition) is 1. The van der Waals surface area contributed by atoms with E-state index in [0.29, 0.717) is 17.8 Å². The fourth-order valence-electron chi connectivity index (χ4n) is 4.03. The molecule has 2 aliphatic carbocycles. The summed E-state index contributed by atoms with van der Waals surface area (Å²) >= 11 is 0. The molecule has 0 radical (unpaired) electrons. The summed E-state index contributed by atoms with van der Waals surface area (Å²) in [5, 5.41) is 3.12. The minimum atomic E-state index is -0.418. The average molecular weight is 303 g/mol. The third-order valence-electron chi connectivity index (χ3n) is 5.05. The van der Waals surface area contributed by atoms with Crippen molar-refractivity contribution in [2.24, 2.45) is 5.41 Å². The molecule has 1 aromatic heterocycles. The van der Waals surface area contributed by atoms with Crippen molar-refractivity contribution in [2.45, 2.75) is 51.0 Å². The molecule has 2 aliphatic rings. The number of rotatable bonds is 3.